The van der Waals surface area contributed by atoms with E-state index in [1.165, 1.54) is 28.4 Å². The van der Waals surface area contributed by atoms with Gasteiger partial charge in [0.15, 0.2) is 5.13 Å². The quantitative estimate of drug-likeness (QED) is 0.475. The summed E-state index contributed by atoms with van der Waals surface area (Å²) in [5.41, 5.74) is 3.94. The molecule has 28 heavy (non-hydrogen) atoms. The number of carbonyl (C=O) groups excluding carboxylic acids is 1. The molecule has 4 rings (SSSR count). The van der Waals surface area contributed by atoms with Gasteiger partial charge in [-0.2, -0.15) is 0 Å². The highest BCUT2D eigenvalue weighted by atomic mass is 32.1. The lowest BCUT2D eigenvalue weighted by atomic mass is 10.1. The van der Waals surface area contributed by atoms with E-state index in [-0.39, 0.29) is 12.1 Å². The van der Waals surface area contributed by atoms with E-state index < -0.39 is 11.7 Å². The fraction of sp³-hybridized carbons (Fsp3) is 0.136. The minimum atomic E-state index is -0.545. The zero-order valence-electron chi connectivity index (χ0n) is 15.5. The van der Waals surface area contributed by atoms with E-state index in [1.54, 1.807) is 24.5 Å². The zero-order chi connectivity index (χ0) is 19.7. The van der Waals surface area contributed by atoms with E-state index in [1.807, 2.05) is 32.0 Å². The summed E-state index contributed by atoms with van der Waals surface area (Å²) in [5.74, 6) is -0.966. The summed E-state index contributed by atoms with van der Waals surface area (Å²) < 4.78 is 15.3. The fourth-order valence-electron chi connectivity index (χ4n) is 3.16. The molecular weight excluding hydrogens is 373 g/mol. The molecule has 0 atom stereocenters. The smallest absolute Gasteiger partial charge is 0.263 e. The first-order valence-corrected chi connectivity index (χ1v) is 9.67. The maximum absolute atomic E-state index is 14.3. The van der Waals surface area contributed by atoms with Crippen LogP contribution in [0.4, 0.5) is 9.52 Å². The number of nitrogens with zero attached hydrogens (tertiary/aromatic N) is 3. The Morgan fingerprint density at radius 2 is 1.96 bits per heavy atom. The van der Waals surface area contributed by atoms with Gasteiger partial charge < -0.3 is 0 Å². The number of aryl methyl sites for hydroxylation is 2. The average molecular weight is 391 g/mol. The lowest BCUT2D eigenvalue weighted by Crippen LogP contribution is -2.31. The molecule has 2 aromatic carbocycles. The van der Waals surface area contributed by atoms with Gasteiger partial charge in [-0.15, -0.1) is 0 Å². The number of carbonyl (C=O) groups is 1. The van der Waals surface area contributed by atoms with Gasteiger partial charge in [0.1, 0.15) is 5.82 Å². The number of fused-ring (bicyclic) bond motifs is 1. The molecule has 0 unspecified atom stereocenters. The molecule has 0 saturated heterocycles. The van der Waals surface area contributed by atoms with E-state index in [2.05, 4.69) is 16.0 Å². The van der Waals surface area contributed by atoms with E-state index >= 15 is 0 Å². The van der Waals surface area contributed by atoms with E-state index in [0.717, 1.165) is 26.9 Å². The summed E-state index contributed by atoms with van der Waals surface area (Å²) in [6, 6.07) is 13.8. The number of amides is 1. The van der Waals surface area contributed by atoms with Crippen molar-refractivity contribution in [1.29, 1.82) is 0 Å². The van der Waals surface area contributed by atoms with E-state index in [9.17, 15) is 9.18 Å². The summed E-state index contributed by atoms with van der Waals surface area (Å²) in [6.45, 7) is 4.31. The molecule has 0 fully saturated rings. The van der Waals surface area contributed by atoms with E-state index in [0.29, 0.717) is 5.13 Å². The molecule has 0 saturated carbocycles. The third-order valence-corrected chi connectivity index (χ3v) is 5.68. The first kappa shape index (κ1) is 18.3. The maximum Gasteiger partial charge on any atom is 0.263 e. The molecule has 0 spiro atoms. The number of anilines is 1. The van der Waals surface area contributed by atoms with Crippen molar-refractivity contribution in [2.75, 3.05) is 4.90 Å². The van der Waals surface area contributed by atoms with Crippen molar-refractivity contribution in [3.05, 3.63) is 89.0 Å². The predicted molar refractivity (Wildman–Crippen MR) is 110 cm³/mol. The highest BCUT2D eigenvalue weighted by molar-refractivity contribution is 7.22. The van der Waals surface area contributed by atoms with Gasteiger partial charge in [-0.25, -0.2) is 9.37 Å². The number of halogens is 1. The largest absolute Gasteiger partial charge is 0.279 e. The van der Waals surface area contributed by atoms with Crippen molar-refractivity contribution in [3.8, 4) is 0 Å². The van der Waals surface area contributed by atoms with Crippen molar-refractivity contribution in [2.24, 2.45) is 0 Å². The molecule has 4 nitrogen and oxygen atoms in total. The Bertz CT molecular complexity index is 1160. The number of rotatable bonds is 4. The van der Waals surface area contributed by atoms with Gasteiger partial charge in [-0.1, -0.05) is 35.6 Å². The molecular formula is C22H18FN3OS. The highest BCUT2D eigenvalue weighted by Gasteiger charge is 2.24. The van der Waals surface area contributed by atoms with Crippen LogP contribution in [-0.4, -0.2) is 15.9 Å². The van der Waals surface area contributed by atoms with Crippen LogP contribution in [0.5, 0.6) is 0 Å². The molecule has 0 aliphatic rings. The first-order chi connectivity index (χ1) is 13.5. The second-order valence-electron chi connectivity index (χ2n) is 6.66. The Morgan fingerprint density at radius 1 is 1.14 bits per heavy atom. The minimum Gasteiger partial charge on any atom is -0.279 e. The monoisotopic (exact) mass is 391 g/mol. The number of benzene rings is 2. The lowest BCUT2D eigenvalue weighted by molar-refractivity contribution is 0.0981. The number of thiazole rings is 1. The summed E-state index contributed by atoms with van der Waals surface area (Å²) in [5, 5.41) is 0.542. The van der Waals surface area contributed by atoms with Gasteiger partial charge in [0.05, 0.1) is 22.3 Å². The molecule has 1 amide bonds. The van der Waals surface area contributed by atoms with Gasteiger partial charge in [0.25, 0.3) is 5.91 Å². The van der Waals surface area contributed by atoms with Crippen LogP contribution in [0.2, 0.25) is 0 Å². The zero-order valence-corrected chi connectivity index (χ0v) is 16.3. The second-order valence-corrected chi connectivity index (χ2v) is 7.64. The maximum atomic E-state index is 14.3. The van der Waals surface area contributed by atoms with Crippen LogP contribution in [-0.2, 0) is 6.54 Å². The minimum absolute atomic E-state index is 0.0264. The topological polar surface area (TPSA) is 46.1 Å². The molecule has 6 heteroatoms. The van der Waals surface area contributed by atoms with Crippen LogP contribution in [0.1, 0.15) is 27.0 Å². The molecule has 0 bridgehead atoms. The van der Waals surface area contributed by atoms with Crippen molar-refractivity contribution >= 4 is 32.6 Å². The van der Waals surface area contributed by atoms with Gasteiger partial charge in [-0.05, 0) is 54.8 Å². The molecule has 2 aromatic heterocycles. The van der Waals surface area contributed by atoms with E-state index in [4.69, 9.17) is 0 Å². The average Bonchev–Trinajstić information content (AvgIpc) is 3.11. The van der Waals surface area contributed by atoms with Crippen molar-refractivity contribution in [3.63, 3.8) is 0 Å². The Balaban J connectivity index is 1.82. The summed E-state index contributed by atoms with van der Waals surface area (Å²) in [6.07, 6.45) is 3.38. The first-order valence-electron chi connectivity index (χ1n) is 8.86. The highest BCUT2D eigenvalue weighted by Crippen LogP contribution is 2.33. The Morgan fingerprint density at radius 3 is 2.71 bits per heavy atom. The normalized spacial score (nSPS) is 11.0. The predicted octanol–water partition coefficient (Wildman–Crippen LogP) is 5.29. The number of aromatic nitrogens is 2. The van der Waals surface area contributed by atoms with Crippen LogP contribution < -0.4 is 4.90 Å². The fourth-order valence-corrected chi connectivity index (χ4v) is 4.17. The molecule has 140 valence electrons. The number of pyridine rings is 1. The molecule has 0 aliphatic carbocycles. The van der Waals surface area contributed by atoms with Gasteiger partial charge in [0.2, 0.25) is 0 Å². The van der Waals surface area contributed by atoms with Crippen molar-refractivity contribution in [1.82, 2.24) is 9.97 Å². The lowest BCUT2D eigenvalue weighted by Gasteiger charge is -2.20. The van der Waals surface area contributed by atoms with Crippen molar-refractivity contribution in [2.45, 2.75) is 20.4 Å². The molecule has 2 heterocycles. The van der Waals surface area contributed by atoms with Crippen LogP contribution in [0.15, 0.2) is 60.9 Å². The van der Waals surface area contributed by atoms with Gasteiger partial charge >= 0.3 is 0 Å². The second kappa shape index (κ2) is 7.48. The molecule has 0 radical (unpaired) electrons. The Kier molecular flexibility index (Phi) is 4.88. The molecule has 0 aliphatic heterocycles. The number of hydrogen-bond donors (Lipinski definition) is 0. The van der Waals surface area contributed by atoms with Gasteiger partial charge in [-0.3, -0.25) is 14.7 Å². The number of hydrogen-bond acceptors (Lipinski definition) is 4. The summed E-state index contributed by atoms with van der Waals surface area (Å²) >= 11 is 1.44. The Hall–Kier alpha value is -3.12. The molecule has 0 N–H and O–H groups in total. The van der Waals surface area contributed by atoms with Crippen LogP contribution in [0.25, 0.3) is 10.2 Å². The van der Waals surface area contributed by atoms with Crippen LogP contribution >= 0.6 is 11.3 Å². The summed E-state index contributed by atoms with van der Waals surface area (Å²) in [4.78, 5) is 23.6. The van der Waals surface area contributed by atoms with Crippen molar-refractivity contribution < 1.29 is 9.18 Å². The van der Waals surface area contributed by atoms with Crippen LogP contribution in [0.3, 0.4) is 0 Å². The SMILES string of the molecule is Cc1cc(C)c2sc(N(Cc3cccnc3)C(=O)c3ccccc3F)nc2c1. The summed E-state index contributed by atoms with van der Waals surface area (Å²) in [7, 11) is 0. The van der Waals surface area contributed by atoms with Crippen LogP contribution in [0, 0.1) is 19.7 Å². The standard InChI is InChI=1S/C22H18FN3OS/c1-14-10-15(2)20-19(11-14)25-22(28-20)26(13-16-6-5-9-24-12-16)21(27)17-7-3-4-8-18(17)23/h3-12H,13H2,1-2H3. The third kappa shape index (κ3) is 3.51. The third-order valence-electron chi connectivity index (χ3n) is 4.45. The molecule has 4 aromatic rings. The van der Waals surface area contributed by atoms with Gasteiger partial charge in [0, 0.05) is 12.4 Å². The Labute approximate surface area is 166 Å².